The Balaban J connectivity index is 2.19. The lowest BCUT2D eigenvalue weighted by Crippen LogP contribution is -2.69. The highest BCUT2D eigenvalue weighted by Crippen LogP contribution is 2.47. The molecule has 2 N–H and O–H groups in total. The molecule has 28 heavy (non-hydrogen) atoms. The van der Waals surface area contributed by atoms with Gasteiger partial charge in [-0.2, -0.15) is 0 Å². The first kappa shape index (κ1) is 24.2. The lowest BCUT2D eigenvalue weighted by atomic mass is 9.65. The van der Waals surface area contributed by atoms with Crippen molar-refractivity contribution < 1.29 is 0 Å². The molecular weight excluding hydrogens is 340 g/mol. The SMILES string of the molecule is CCCCCCCCC(NC(C)C)C(NC(C)C)(C1CCCC1)C1CCCC1. The number of nitrogens with one attached hydrogen (secondary N) is 2. The molecule has 0 amide bonds. The van der Waals surface area contributed by atoms with E-state index in [0.29, 0.717) is 23.7 Å². The Morgan fingerprint density at radius 3 is 1.68 bits per heavy atom. The molecule has 0 aliphatic heterocycles. The van der Waals surface area contributed by atoms with Gasteiger partial charge in [0.25, 0.3) is 0 Å². The maximum absolute atomic E-state index is 4.28. The van der Waals surface area contributed by atoms with Crippen molar-refractivity contribution in [2.75, 3.05) is 0 Å². The Labute approximate surface area is 177 Å². The van der Waals surface area contributed by atoms with Gasteiger partial charge in [-0.25, -0.2) is 0 Å². The van der Waals surface area contributed by atoms with Gasteiger partial charge in [0.05, 0.1) is 0 Å². The normalized spacial score (nSPS) is 20.7. The predicted octanol–water partition coefficient (Wildman–Crippen LogP) is 7.22. The lowest BCUT2D eigenvalue weighted by molar-refractivity contribution is 0.0589. The summed E-state index contributed by atoms with van der Waals surface area (Å²) in [5, 5.41) is 8.40. The van der Waals surface area contributed by atoms with Crippen LogP contribution in [0.2, 0.25) is 0 Å². The standard InChI is InChI=1S/C26H52N2/c1-6-7-8-9-10-11-20-25(27-21(2)3)26(28-22(4)5,23-16-12-13-17-23)24-18-14-15-19-24/h21-25,27-28H,6-20H2,1-5H3. The van der Waals surface area contributed by atoms with Crippen LogP contribution < -0.4 is 10.6 Å². The van der Waals surface area contributed by atoms with Gasteiger partial charge in [0.2, 0.25) is 0 Å². The molecule has 1 atom stereocenters. The van der Waals surface area contributed by atoms with Crippen LogP contribution in [0.15, 0.2) is 0 Å². The van der Waals surface area contributed by atoms with Gasteiger partial charge >= 0.3 is 0 Å². The minimum absolute atomic E-state index is 0.314. The molecule has 2 rings (SSSR count). The van der Waals surface area contributed by atoms with Gasteiger partial charge in [-0.3, -0.25) is 0 Å². The molecule has 0 aromatic carbocycles. The zero-order valence-corrected chi connectivity index (χ0v) is 20.0. The number of unbranched alkanes of at least 4 members (excludes halogenated alkanes) is 5. The van der Waals surface area contributed by atoms with Crippen LogP contribution in [-0.2, 0) is 0 Å². The monoisotopic (exact) mass is 392 g/mol. The van der Waals surface area contributed by atoms with Crippen LogP contribution in [0.5, 0.6) is 0 Å². The second kappa shape index (κ2) is 12.6. The highest BCUT2D eigenvalue weighted by atomic mass is 15.1. The average Bonchev–Trinajstić information content (AvgIpc) is 3.35. The third-order valence-corrected chi connectivity index (χ3v) is 7.56. The first-order chi connectivity index (χ1) is 13.5. The Bertz CT molecular complexity index is 375. The predicted molar refractivity (Wildman–Crippen MR) is 125 cm³/mol. The minimum atomic E-state index is 0.314. The maximum Gasteiger partial charge on any atom is 0.0394 e. The van der Waals surface area contributed by atoms with E-state index in [4.69, 9.17) is 0 Å². The van der Waals surface area contributed by atoms with Crippen molar-refractivity contribution in [3.8, 4) is 0 Å². The van der Waals surface area contributed by atoms with E-state index in [9.17, 15) is 0 Å². The van der Waals surface area contributed by atoms with Crippen LogP contribution in [0, 0.1) is 11.8 Å². The second-order valence-corrected chi connectivity index (χ2v) is 10.6. The van der Waals surface area contributed by atoms with Gasteiger partial charge in [-0.05, 0) is 43.9 Å². The van der Waals surface area contributed by atoms with Crippen molar-refractivity contribution in [3.05, 3.63) is 0 Å². The molecular formula is C26H52N2. The van der Waals surface area contributed by atoms with E-state index in [2.05, 4.69) is 45.3 Å². The minimum Gasteiger partial charge on any atom is -0.310 e. The number of rotatable bonds is 14. The highest BCUT2D eigenvalue weighted by Gasteiger charge is 2.51. The Kier molecular flexibility index (Phi) is 10.9. The Morgan fingerprint density at radius 1 is 0.714 bits per heavy atom. The summed E-state index contributed by atoms with van der Waals surface area (Å²) < 4.78 is 0. The fraction of sp³-hybridized carbons (Fsp3) is 1.00. The molecule has 0 spiro atoms. The molecule has 2 saturated carbocycles. The van der Waals surface area contributed by atoms with E-state index in [-0.39, 0.29) is 0 Å². The van der Waals surface area contributed by atoms with Crippen LogP contribution in [0.3, 0.4) is 0 Å². The molecule has 0 aromatic rings. The summed E-state index contributed by atoms with van der Waals surface area (Å²) in [7, 11) is 0. The summed E-state index contributed by atoms with van der Waals surface area (Å²) in [5.74, 6) is 1.74. The fourth-order valence-electron chi connectivity index (χ4n) is 6.54. The third-order valence-electron chi connectivity index (χ3n) is 7.56. The van der Waals surface area contributed by atoms with Crippen LogP contribution in [0.4, 0.5) is 0 Å². The zero-order valence-electron chi connectivity index (χ0n) is 20.0. The van der Waals surface area contributed by atoms with Gasteiger partial charge in [0, 0.05) is 23.7 Å². The maximum atomic E-state index is 4.28. The molecule has 0 bridgehead atoms. The molecule has 0 saturated heterocycles. The van der Waals surface area contributed by atoms with Gasteiger partial charge in [0.1, 0.15) is 0 Å². The highest BCUT2D eigenvalue weighted by molar-refractivity contribution is 5.10. The van der Waals surface area contributed by atoms with Gasteiger partial charge < -0.3 is 10.6 Å². The number of hydrogen-bond acceptors (Lipinski definition) is 2. The summed E-state index contributed by atoms with van der Waals surface area (Å²) in [6.45, 7) is 11.8. The van der Waals surface area contributed by atoms with Crippen molar-refractivity contribution >= 4 is 0 Å². The first-order valence-electron chi connectivity index (χ1n) is 13.0. The van der Waals surface area contributed by atoms with Crippen molar-refractivity contribution in [1.29, 1.82) is 0 Å². The lowest BCUT2D eigenvalue weighted by Gasteiger charge is -2.52. The smallest absolute Gasteiger partial charge is 0.0394 e. The second-order valence-electron chi connectivity index (χ2n) is 10.6. The van der Waals surface area contributed by atoms with Gasteiger partial charge in [-0.1, -0.05) is 98.8 Å². The van der Waals surface area contributed by atoms with Crippen molar-refractivity contribution in [1.82, 2.24) is 10.6 Å². The van der Waals surface area contributed by atoms with Crippen molar-refractivity contribution in [3.63, 3.8) is 0 Å². The Hall–Kier alpha value is -0.0800. The van der Waals surface area contributed by atoms with Gasteiger partial charge in [-0.15, -0.1) is 0 Å². The average molecular weight is 393 g/mol. The van der Waals surface area contributed by atoms with E-state index in [1.54, 1.807) is 0 Å². The summed E-state index contributed by atoms with van der Waals surface area (Å²) in [4.78, 5) is 0. The first-order valence-corrected chi connectivity index (χ1v) is 13.0. The molecule has 2 fully saturated rings. The van der Waals surface area contributed by atoms with E-state index in [1.165, 1.54) is 96.3 Å². The van der Waals surface area contributed by atoms with Crippen LogP contribution in [0.1, 0.15) is 131 Å². The van der Waals surface area contributed by atoms with E-state index < -0.39 is 0 Å². The van der Waals surface area contributed by atoms with Crippen LogP contribution in [-0.4, -0.2) is 23.7 Å². The molecule has 0 heterocycles. The molecule has 166 valence electrons. The quantitative estimate of drug-likeness (QED) is 0.305. The molecule has 0 aromatic heterocycles. The summed E-state index contributed by atoms with van der Waals surface area (Å²) in [6.07, 6.45) is 21.4. The van der Waals surface area contributed by atoms with Crippen molar-refractivity contribution in [2.45, 2.75) is 155 Å². The van der Waals surface area contributed by atoms with E-state index >= 15 is 0 Å². The number of hydrogen-bond donors (Lipinski definition) is 2. The molecule has 2 heteroatoms. The Morgan fingerprint density at radius 2 is 1.21 bits per heavy atom. The van der Waals surface area contributed by atoms with Gasteiger partial charge in [0.15, 0.2) is 0 Å². The van der Waals surface area contributed by atoms with Crippen LogP contribution in [0.25, 0.3) is 0 Å². The summed E-state index contributed by atoms with van der Waals surface area (Å²) in [5.41, 5.74) is 0.314. The zero-order chi connectivity index (χ0) is 20.4. The molecule has 1 unspecified atom stereocenters. The summed E-state index contributed by atoms with van der Waals surface area (Å²) in [6, 6.07) is 1.77. The van der Waals surface area contributed by atoms with E-state index in [1.807, 2.05) is 0 Å². The topological polar surface area (TPSA) is 24.1 Å². The molecule has 2 aliphatic carbocycles. The van der Waals surface area contributed by atoms with E-state index in [0.717, 1.165) is 11.8 Å². The molecule has 2 aliphatic rings. The van der Waals surface area contributed by atoms with Crippen molar-refractivity contribution in [2.24, 2.45) is 11.8 Å². The molecule has 0 radical (unpaired) electrons. The summed E-state index contributed by atoms with van der Waals surface area (Å²) >= 11 is 0. The largest absolute Gasteiger partial charge is 0.310 e. The molecule has 2 nitrogen and oxygen atoms in total. The fourth-order valence-corrected chi connectivity index (χ4v) is 6.54. The van der Waals surface area contributed by atoms with Crippen LogP contribution >= 0.6 is 0 Å². The third kappa shape index (κ3) is 6.73.